The van der Waals surface area contributed by atoms with Crippen LogP contribution in [0.2, 0.25) is 0 Å². The molecule has 2 unspecified atom stereocenters. The minimum atomic E-state index is -0.570. The number of rotatable bonds is 0. The molecule has 2 N–H and O–H groups in total. The number of nitrogens with zero attached hydrogens (tertiary/aromatic N) is 1. The van der Waals surface area contributed by atoms with Crippen LogP contribution in [0.3, 0.4) is 0 Å². The quantitative estimate of drug-likeness (QED) is 0.613. The molecule has 31 heavy (non-hydrogen) atoms. The molecule has 4 heteroatoms. The monoisotopic (exact) mass is 429 g/mol. The molecule has 6 fully saturated rings. The van der Waals surface area contributed by atoms with Crippen molar-refractivity contribution in [2.45, 2.75) is 96.3 Å². The lowest BCUT2D eigenvalue weighted by molar-refractivity contribution is -0.175. The van der Waals surface area contributed by atoms with Crippen molar-refractivity contribution in [2.24, 2.45) is 52.8 Å². The summed E-state index contributed by atoms with van der Waals surface area (Å²) in [6.07, 6.45) is 9.08. The molecule has 2 aliphatic heterocycles. The first-order valence-electron chi connectivity index (χ1n) is 13.4. The summed E-state index contributed by atoms with van der Waals surface area (Å²) in [6, 6.07) is 0.341. The van der Waals surface area contributed by atoms with E-state index in [0.717, 1.165) is 44.6 Å². The number of hydrogen-bond donors (Lipinski definition) is 2. The second-order valence-corrected chi connectivity index (χ2v) is 13.2. The van der Waals surface area contributed by atoms with E-state index in [-0.39, 0.29) is 17.4 Å². The molecule has 0 bridgehead atoms. The van der Waals surface area contributed by atoms with E-state index in [1.54, 1.807) is 0 Å². The summed E-state index contributed by atoms with van der Waals surface area (Å²) in [7, 11) is 0. The van der Waals surface area contributed by atoms with E-state index >= 15 is 0 Å². The van der Waals surface area contributed by atoms with E-state index in [9.17, 15) is 15.0 Å². The molecule has 0 aromatic carbocycles. The molecule has 174 valence electrons. The van der Waals surface area contributed by atoms with Gasteiger partial charge in [-0.25, -0.2) is 0 Å². The highest BCUT2D eigenvalue weighted by atomic mass is 16.3. The van der Waals surface area contributed by atoms with E-state index in [0.29, 0.717) is 53.8 Å². The number of piperidine rings is 2. The van der Waals surface area contributed by atoms with E-state index in [2.05, 4.69) is 25.7 Å². The lowest BCUT2D eigenvalue weighted by Crippen LogP contribution is -2.67. The van der Waals surface area contributed by atoms with Crippen LogP contribution in [-0.4, -0.2) is 51.7 Å². The first-order valence-corrected chi connectivity index (χ1v) is 13.4. The summed E-state index contributed by atoms with van der Waals surface area (Å²) in [6.45, 7) is 9.23. The highest BCUT2D eigenvalue weighted by molar-refractivity contribution is 5.83. The molecule has 0 radical (unpaired) electrons. The number of aliphatic hydroxyl groups excluding tert-OH is 1. The number of carbonyl (C=O) groups is 1. The minimum absolute atomic E-state index is 0.0789. The van der Waals surface area contributed by atoms with Gasteiger partial charge in [-0.2, -0.15) is 0 Å². The Morgan fingerprint density at radius 3 is 2.52 bits per heavy atom. The average molecular weight is 430 g/mol. The second kappa shape index (κ2) is 7.03. The Morgan fingerprint density at radius 2 is 1.71 bits per heavy atom. The Kier molecular flexibility index (Phi) is 4.78. The molecule has 12 atom stereocenters. The van der Waals surface area contributed by atoms with Gasteiger partial charge in [-0.1, -0.05) is 13.8 Å². The second-order valence-electron chi connectivity index (χ2n) is 13.2. The highest BCUT2D eigenvalue weighted by Gasteiger charge is 2.64. The molecule has 4 aliphatic carbocycles. The smallest absolute Gasteiger partial charge is 0.136 e. The molecule has 6 rings (SSSR count). The Balaban J connectivity index is 1.31. The molecule has 2 saturated heterocycles. The maximum Gasteiger partial charge on any atom is 0.136 e. The van der Waals surface area contributed by atoms with Gasteiger partial charge in [0.15, 0.2) is 0 Å². The third-order valence-electron chi connectivity index (χ3n) is 11.8. The SMILES string of the molecule is C[C@H]1CC[C@@H]2N(CC3[C@@H](CC[C@H]4C5CC(=O)[C@H]6C[C@@H](O)CC[C@]6(C)[C@H]5C[C@@H]34)[C@]2(C)O)C1. The molecule has 0 amide bonds. The molecule has 2 heterocycles. The van der Waals surface area contributed by atoms with Gasteiger partial charge in [-0.15, -0.1) is 0 Å². The van der Waals surface area contributed by atoms with Crippen molar-refractivity contribution in [3.63, 3.8) is 0 Å². The van der Waals surface area contributed by atoms with Crippen molar-refractivity contribution in [1.29, 1.82) is 0 Å². The first kappa shape index (κ1) is 21.1. The van der Waals surface area contributed by atoms with Crippen molar-refractivity contribution >= 4 is 5.78 Å². The van der Waals surface area contributed by atoms with Crippen molar-refractivity contribution in [2.75, 3.05) is 13.1 Å². The maximum atomic E-state index is 13.2. The van der Waals surface area contributed by atoms with Crippen molar-refractivity contribution < 1.29 is 15.0 Å². The van der Waals surface area contributed by atoms with Crippen LogP contribution in [0.25, 0.3) is 0 Å². The standard InChI is InChI=1S/C27H43NO3/c1-15-4-7-25-27(3,31)21-6-5-17-18(20(21)14-28(25)13-15)11-22-19(17)12-24(30)23-10-16(29)8-9-26(22,23)2/h15-23,25,29,31H,4-14H2,1-3H3/t15-,16-,17+,18+,19?,20?,21+,22-,23+,25-,26+,27-/m0/s1. The summed E-state index contributed by atoms with van der Waals surface area (Å²) in [5, 5.41) is 22.1. The number of aliphatic hydroxyl groups is 2. The number of Topliss-reactive ketones (excluding diaryl/α,β-unsaturated/α-hetero) is 1. The van der Waals surface area contributed by atoms with Gasteiger partial charge in [0.25, 0.3) is 0 Å². The molecule has 4 saturated carbocycles. The van der Waals surface area contributed by atoms with Crippen molar-refractivity contribution in [3.8, 4) is 0 Å². The zero-order valence-corrected chi connectivity index (χ0v) is 19.8. The van der Waals surface area contributed by atoms with Gasteiger partial charge in [0.1, 0.15) is 5.78 Å². The van der Waals surface area contributed by atoms with Crippen LogP contribution in [0.15, 0.2) is 0 Å². The molecule has 0 aromatic rings. The number of carbonyl (C=O) groups excluding carboxylic acids is 1. The molecular weight excluding hydrogens is 386 g/mol. The normalized spacial score (nSPS) is 59.2. The van der Waals surface area contributed by atoms with Gasteiger partial charge < -0.3 is 10.2 Å². The van der Waals surface area contributed by atoms with Crippen LogP contribution in [0.1, 0.15) is 78.6 Å². The Bertz CT molecular complexity index is 751. The average Bonchev–Trinajstić information content (AvgIpc) is 3.09. The van der Waals surface area contributed by atoms with Gasteiger partial charge in [0.2, 0.25) is 0 Å². The summed E-state index contributed by atoms with van der Waals surface area (Å²) in [5.41, 5.74) is -0.482. The van der Waals surface area contributed by atoms with Crippen molar-refractivity contribution in [3.05, 3.63) is 0 Å². The van der Waals surface area contributed by atoms with Gasteiger partial charge in [0.05, 0.1) is 11.7 Å². The molecule has 4 nitrogen and oxygen atoms in total. The first-order chi connectivity index (χ1) is 14.7. The molecule has 0 aromatic heterocycles. The maximum absolute atomic E-state index is 13.2. The summed E-state index contributed by atoms with van der Waals surface area (Å²) in [4.78, 5) is 15.9. The Hall–Kier alpha value is -0.450. The third kappa shape index (κ3) is 2.93. The predicted octanol–water partition coefficient (Wildman–Crippen LogP) is 3.89. The van der Waals surface area contributed by atoms with E-state index in [1.807, 2.05) is 0 Å². The summed E-state index contributed by atoms with van der Waals surface area (Å²) in [5.74, 6) is 4.82. The third-order valence-corrected chi connectivity index (χ3v) is 11.8. The fourth-order valence-corrected chi connectivity index (χ4v) is 10.4. The number of ketones is 1. The van der Waals surface area contributed by atoms with Gasteiger partial charge in [0, 0.05) is 31.5 Å². The molecule has 0 spiro atoms. The van der Waals surface area contributed by atoms with E-state index in [4.69, 9.17) is 0 Å². The lowest BCUT2D eigenvalue weighted by atomic mass is 9.51. The summed E-state index contributed by atoms with van der Waals surface area (Å²) >= 11 is 0. The van der Waals surface area contributed by atoms with Gasteiger partial charge >= 0.3 is 0 Å². The van der Waals surface area contributed by atoms with Crippen LogP contribution in [0.4, 0.5) is 0 Å². The van der Waals surface area contributed by atoms with E-state index in [1.165, 1.54) is 25.8 Å². The lowest BCUT2D eigenvalue weighted by Gasteiger charge is -2.59. The highest BCUT2D eigenvalue weighted by Crippen LogP contribution is 2.66. The number of hydrogen-bond acceptors (Lipinski definition) is 4. The van der Waals surface area contributed by atoms with Crippen LogP contribution in [0.5, 0.6) is 0 Å². The van der Waals surface area contributed by atoms with Crippen LogP contribution >= 0.6 is 0 Å². The fourth-order valence-electron chi connectivity index (χ4n) is 10.4. The summed E-state index contributed by atoms with van der Waals surface area (Å²) < 4.78 is 0. The number of fused-ring (bicyclic) bond motifs is 8. The Labute approximate surface area is 188 Å². The minimum Gasteiger partial charge on any atom is -0.393 e. The Morgan fingerprint density at radius 1 is 0.903 bits per heavy atom. The van der Waals surface area contributed by atoms with E-state index < -0.39 is 5.60 Å². The predicted molar refractivity (Wildman–Crippen MR) is 120 cm³/mol. The van der Waals surface area contributed by atoms with Crippen LogP contribution in [-0.2, 0) is 4.79 Å². The van der Waals surface area contributed by atoms with Crippen LogP contribution < -0.4 is 0 Å². The zero-order chi connectivity index (χ0) is 21.7. The van der Waals surface area contributed by atoms with Crippen LogP contribution in [0, 0.1) is 52.8 Å². The molecule has 6 aliphatic rings. The molecular formula is C27H43NO3. The topological polar surface area (TPSA) is 60.8 Å². The zero-order valence-electron chi connectivity index (χ0n) is 19.8. The largest absolute Gasteiger partial charge is 0.393 e. The van der Waals surface area contributed by atoms with Gasteiger partial charge in [-0.05, 0) is 105 Å². The van der Waals surface area contributed by atoms with Gasteiger partial charge in [-0.3, -0.25) is 9.69 Å². The van der Waals surface area contributed by atoms with Crippen molar-refractivity contribution in [1.82, 2.24) is 4.90 Å². The fraction of sp³-hybridized carbons (Fsp3) is 0.963.